The third-order valence-corrected chi connectivity index (χ3v) is 13.2. The van der Waals surface area contributed by atoms with Crippen LogP contribution in [-0.4, -0.2) is 82.3 Å². The normalized spacial score (nSPS) is 13.6. The molecule has 0 amide bonds. The van der Waals surface area contributed by atoms with Crippen LogP contribution in [0, 0.1) is 0 Å². The van der Waals surface area contributed by atoms with Gasteiger partial charge in [0, 0.05) is 12.8 Å². The smallest absolute Gasteiger partial charge is 0.306 e. The number of nitrogens with zero attached hydrogens (tertiary/aromatic N) is 1. The molecule has 0 rings (SSSR count). The Morgan fingerprint density at radius 3 is 1.10 bits per heavy atom. The summed E-state index contributed by atoms with van der Waals surface area (Å²) in [5.74, 6) is -2.34. The van der Waals surface area contributed by atoms with Crippen molar-refractivity contribution in [3.05, 3.63) is 122 Å². The first-order chi connectivity index (χ1) is 38.6. The minimum atomic E-state index is -1.64. The first kappa shape index (κ1) is 74.7. The highest BCUT2D eigenvalue weighted by molar-refractivity contribution is 5.70. The highest BCUT2D eigenvalue weighted by Crippen LogP contribution is 2.15. The first-order valence-electron chi connectivity index (χ1n) is 31.7. The van der Waals surface area contributed by atoms with Crippen LogP contribution in [0.2, 0.25) is 0 Å². The Morgan fingerprint density at radius 1 is 0.392 bits per heavy atom. The first-order valence-corrected chi connectivity index (χ1v) is 31.7. The van der Waals surface area contributed by atoms with E-state index in [0.29, 0.717) is 17.4 Å². The van der Waals surface area contributed by atoms with Gasteiger partial charge in [-0.2, -0.15) is 0 Å². The molecule has 0 radical (unpaired) electrons. The van der Waals surface area contributed by atoms with Crippen molar-refractivity contribution >= 4 is 17.9 Å². The Bertz CT molecular complexity index is 1710. The Kier molecular flexibility index (Phi) is 56.5. The van der Waals surface area contributed by atoms with E-state index in [4.69, 9.17) is 18.9 Å². The number of carbonyl (C=O) groups is 3. The highest BCUT2D eigenvalue weighted by atomic mass is 16.7. The molecular formula is C70H117NO8. The second-order valence-corrected chi connectivity index (χ2v) is 22.0. The lowest BCUT2D eigenvalue weighted by Gasteiger charge is -2.26. The van der Waals surface area contributed by atoms with Crippen LogP contribution >= 0.6 is 0 Å². The van der Waals surface area contributed by atoms with Crippen molar-refractivity contribution in [3.8, 4) is 0 Å². The molecule has 0 fully saturated rings. The van der Waals surface area contributed by atoms with E-state index in [-0.39, 0.29) is 38.6 Å². The summed E-state index contributed by atoms with van der Waals surface area (Å²) in [4.78, 5) is 37.4. The average molecular weight is 1100 g/mol. The number of quaternary nitrogens is 1. The molecule has 450 valence electrons. The molecule has 9 heteroatoms. The zero-order valence-corrected chi connectivity index (χ0v) is 51.2. The Labute approximate surface area is 485 Å². The van der Waals surface area contributed by atoms with Crippen LogP contribution in [0.25, 0.3) is 0 Å². The number of unbranched alkanes of at least 4 members (excludes halogenated alkanes) is 22. The number of carboxylic acid groups (broad SMARTS) is 1. The van der Waals surface area contributed by atoms with Gasteiger partial charge in [0.1, 0.15) is 13.2 Å². The van der Waals surface area contributed by atoms with Gasteiger partial charge in [-0.1, -0.05) is 245 Å². The van der Waals surface area contributed by atoms with E-state index in [9.17, 15) is 19.5 Å². The Morgan fingerprint density at radius 2 is 0.722 bits per heavy atom. The van der Waals surface area contributed by atoms with Gasteiger partial charge in [-0.15, -0.1) is 0 Å². The van der Waals surface area contributed by atoms with E-state index in [1.807, 2.05) is 21.1 Å². The predicted molar refractivity (Wildman–Crippen MR) is 333 cm³/mol. The fourth-order valence-corrected chi connectivity index (χ4v) is 8.35. The molecule has 0 spiro atoms. The van der Waals surface area contributed by atoms with Crippen LogP contribution in [0.15, 0.2) is 122 Å². The Hall–Kier alpha value is -4.31. The fraction of sp³-hybridized carbons (Fsp3) is 0.671. The standard InChI is InChI=1S/C70H117NO8/c1-6-8-10-12-14-16-18-20-22-24-26-28-30-31-32-33-34-35-36-37-39-41-43-45-47-49-51-53-55-57-59-61-68(73)79-66(65-78-70(69(74)75)76-63-62-71(3,4)5)64-77-67(72)60-58-56-54-52-50-48-46-44-42-40-38-29-27-25-23-21-19-17-15-13-11-9-7-2/h8,10,14,16,20,22,25-28,31-32,34-35,37,39,43,45,49,51,66,70H,6-7,9,11-13,15,17-19,21,23-24,29-30,33,36,38,40-42,44,46-48,50,52-65H2,1-5H3/b10-8-,16-14-,22-20-,27-25-,28-26-,32-31-,35-34-,39-37-,45-43-,51-49-. The lowest BCUT2D eigenvalue weighted by atomic mass is 10.0. The van der Waals surface area contributed by atoms with Crippen molar-refractivity contribution in [2.24, 2.45) is 0 Å². The second-order valence-electron chi connectivity index (χ2n) is 22.0. The molecule has 9 nitrogen and oxygen atoms in total. The van der Waals surface area contributed by atoms with Crippen LogP contribution < -0.4 is 5.11 Å². The molecule has 2 unspecified atom stereocenters. The number of likely N-dealkylation sites (N-methyl/N-ethyl adjacent to an activating group) is 1. The molecule has 0 saturated carbocycles. The number of hydrogen-bond donors (Lipinski definition) is 0. The number of carboxylic acids is 1. The maximum Gasteiger partial charge on any atom is 0.306 e. The predicted octanol–water partition coefficient (Wildman–Crippen LogP) is 17.9. The molecule has 0 bridgehead atoms. The lowest BCUT2D eigenvalue weighted by molar-refractivity contribution is -0.870. The molecule has 2 atom stereocenters. The molecule has 0 aromatic rings. The van der Waals surface area contributed by atoms with Gasteiger partial charge < -0.3 is 33.3 Å². The number of hydrogen-bond acceptors (Lipinski definition) is 8. The van der Waals surface area contributed by atoms with E-state index in [0.717, 1.165) is 96.3 Å². The SMILES string of the molecule is CC/C=C\C/C=C\C/C=C\C/C=C\C/C=C\C/C=C\C/C=C\C/C=C\C/C=C\CCCCCC(=O)OC(COC(=O)CCCCCCCCCCCCC/C=C\CCCCCCCCCC)COC(OCC[N+](C)(C)C)C(=O)[O-]. The zero-order valence-electron chi connectivity index (χ0n) is 51.2. The molecule has 0 aliphatic heterocycles. The van der Waals surface area contributed by atoms with Crippen molar-refractivity contribution in [1.29, 1.82) is 0 Å². The molecule has 0 aliphatic carbocycles. The maximum absolute atomic E-state index is 12.9. The van der Waals surface area contributed by atoms with Crippen molar-refractivity contribution in [1.82, 2.24) is 0 Å². The number of aliphatic carboxylic acids is 1. The monoisotopic (exact) mass is 1100 g/mol. The van der Waals surface area contributed by atoms with Gasteiger partial charge in [-0.25, -0.2) is 0 Å². The molecule has 79 heavy (non-hydrogen) atoms. The molecule has 0 N–H and O–H groups in total. The van der Waals surface area contributed by atoms with Crippen LogP contribution in [0.1, 0.15) is 245 Å². The minimum absolute atomic E-state index is 0.135. The Balaban J connectivity index is 4.31. The summed E-state index contributed by atoms with van der Waals surface area (Å²) < 4.78 is 22.7. The highest BCUT2D eigenvalue weighted by Gasteiger charge is 2.22. The number of ether oxygens (including phenoxy) is 4. The molecule has 0 aromatic carbocycles. The third-order valence-electron chi connectivity index (χ3n) is 13.2. The van der Waals surface area contributed by atoms with Gasteiger partial charge in [0.15, 0.2) is 12.4 Å². The van der Waals surface area contributed by atoms with Gasteiger partial charge in [0.25, 0.3) is 0 Å². The summed E-state index contributed by atoms with van der Waals surface area (Å²) in [6, 6.07) is 0. The van der Waals surface area contributed by atoms with Crippen molar-refractivity contribution < 1.29 is 42.9 Å². The number of esters is 2. The van der Waals surface area contributed by atoms with Crippen LogP contribution in [0.5, 0.6) is 0 Å². The molecule has 0 heterocycles. The molecule has 0 aliphatic rings. The van der Waals surface area contributed by atoms with Gasteiger partial charge in [-0.05, 0) is 109 Å². The van der Waals surface area contributed by atoms with Gasteiger partial charge in [0.2, 0.25) is 0 Å². The minimum Gasteiger partial charge on any atom is -0.545 e. The van der Waals surface area contributed by atoms with Gasteiger partial charge >= 0.3 is 11.9 Å². The summed E-state index contributed by atoms with van der Waals surface area (Å²) in [5, 5.41) is 11.8. The van der Waals surface area contributed by atoms with Crippen molar-refractivity contribution in [2.45, 2.75) is 257 Å². The van der Waals surface area contributed by atoms with E-state index in [2.05, 4.69) is 135 Å². The fourth-order valence-electron chi connectivity index (χ4n) is 8.35. The number of carbonyl (C=O) groups excluding carboxylic acids is 3. The molecular weight excluding hydrogens is 983 g/mol. The van der Waals surface area contributed by atoms with Crippen LogP contribution in [0.4, 0.5) is 0 Å². The largest absolute Gasteiger partial charge is 0.545 e. The van der Waals surface area contributed by atoms with E-state index in [1.54, 1.807) is 0 Å². The molecule has 0 saturated heterocycles. The van der Waals surface area contributed by atoms with E-state index >= 15 is 0 Å². The molecule has 0 aromatic heterocycles. The van der Waals surface area contributed by atoms with E-state index in [1.165, 1.54) is 116 Å². The van der Waals surface area contributed by atoms with Crippen LogP contribution in [0.3, 0.4) is 0 Å². The van der Waals surface area contributed by atoms with Gasteiger partial charge in [0.05, 0.1) is 40.3 Å². The summed E-state index contributed by atoms with van der Waals surface area (Å²) in [6.07, 6.45) is 81.1. The summed E-state index contributed by atoms with van der Waals surface area (Å²) in [7, 11) is 5.91. The van der Waals surface area contributed by atoms with E-state index < -0.39 is 24.3 Å². The summed E-state index contributed by atoms with van der Waals surface area (Å²) in [6.45, 7) is 4.59. The van der Waals surface area contributed by atoms with Crippen molar-refractivity contribution in [3.63, 3.8) is 0 Å². The number of allylic oxidation sites excluding steroid dienone is 20. The van der Waals surface area contributed by atoms with Crippen LogP contribution in [-0.2, 0) is 33.3 Å². The summed E-state index contributed by atoms with van der Waals surface area (Å²) in [5.41, 5.74) is 0. The van der Waals surface area contributed by atoms with Crippen molar-refractivity contribution in [2.75, 3.05) is 47.5 Å². The summed E-state index contributed by atoms with van der Waals surface area (Å²) >= 11 is 0. The lowest BCUT2D eigenvalue weighted by Crippen LogP contribution is -2.44. The number of rotatable bonds is 57. The third kappa shape index (κ3) is 61.2. The topological polar surface area (TPSA) is 111 Å². The zero-order chi connectivity index (χ0) is 57.6. The maximum atomic E-state index is 12.9. The average Bonchev–Trinajstić information content (AvgIpc) is 3.42. The quantitative estimate of drug-likeness (QED) is 0.0195. The van der Waals surface area contributed by atoms with Gasteiger partial charge in [-0.3, -0.25) is 9.59 Å². The second kappa shape index (κ2) is 59.8.